The topological polar surface area (TPSA) is 272 Å². The van der Waals surface area contributed by atoms with E-state index in [1.807, 2.05) is 0 Å². The van der Waals surface area contributed by atoms with Gasteiger partial charge >= 0.3 is 10.4 Å². The van der Waals surface area contributed by atoms with Crippen molar-refractivity contribution in [3.8, 4) is 0 Å². The Labute approximate surface area is 198 Å². The normalized spacial score (nSPS) is 49.7. The Morgan fingerprint density at radius 2 is 1.37 bits per heavy atom. The molecule has 3 aliphatic heterocycles. The fourth-order valence-corrected chi connectivity index (χ4v) is 4.43. The molecular weight excluding hydrogens is 508 g/mol. The fourth-order valence-electron chi connectivity index (χ4n) is 3.94. The van der Waals surface area contributed by atoms with Crippen molar-refractivity contribution in [2.24, 2.45) is 0 Å². The van der Waals surface area contributed by atoms with Gasteiger partial charge in [-0.1, -0.05) is 0 Å². The molecule has 3 aliphatic rings. The molecule has 3 fully saturated rings. The second kappa shape index (κ2) is 11.4. The zero-order valence-corrected chi connectivity index (χ0v) is 19.0. The number of hydrogen-bond donors (Lipinski definition) is 9. The van der Waals surface area contributed by atoms with E-state index in [-0.39, 0.29) is 6.61 Å². The van der Waals surface area contributed by atoms with E-state index in [2.05, 4.69) is 4.18 Å². The maximum absolute atomic E-state index is 10.9. The van der Waals surface area contributed by atoms with E-state index in [4.69, 9.17) is 28.2 Å². The van der Waals surface area contributed by atoms with E-state index in [0.717, 1.165) is 0 Å². The summed E-state index contributed by atoms with van der Waals surface area (Å²) >= 11 is 0. The monoisotopic (exact) mass is 538 g/mol. The highest BCUT2D eigenvalue weighted by molar-refractivity contribution is 7.80. The van der Waals surface area contributed by atoms with E-state index in [9.17, 15) is 49.3 Å². The van der Waals surface area contributed by atoms with Gasteiger partial charge in [-0.05, 0) is 6.92 Å². The zero-order valence-electron chi connectivity index (χ0n) is 18.2. The minimum Gasteiger partial charge on any atom is -0.394 e. The quantitative estimate of drug-likeness (QED) is 0.136. The van der Waals surface area contributed by atoms with Gasteiger partial charge in [-0.2, -0.15) is 8.42 Å². The van der Waals surface area contributed by atoms with Crippen molar-refractivity contribution in [3.05, 3.63) is 0 Å². The molecule has 0 saturated carbocycles. The molecule has 35 heavy (non-hydrogen) atoms. The van der Waals surface area contributed by atoms with Crippen LogP contribution >= 0.6 is 0 Å². The van der Waals surface area contributed by atoms with Gasteiger partial charge in [0.15, 0.2) is 25.0 Å². The molecule has 206 valence electrons. The van der Waals surface area contributed by atoms with E-state index in [0.29, 0.717) is 0 Å². The van der Waals surface area contributed by atoms with Crippen molar-refractivity contribution < 1.29 is 81.7 Å². The van der Waals surface area contributed by atoms with Crippen LogP contribution in [0.4, 0.5) is 0 Å². The molecule has 0 radical (unpaired) electrons. The molecule has 0 bridgehead atoms. The molecule has 3 saturated heterocycles. The lowest BCUT2D eigenvalue weighted by atomic mass is 9.97. The molecule has 17 nitrogen and oxygen atoms in total. The molecule has 0 aromatic heterocycles. The lowest BCUT2D eigenvalue weighted by molar-refractivity contribution is -0.377. The summed E-state index contributed by atoms with van der Waals surface area (Å²) in [5.74, 6) is 0. The van der Waals surface area contributed by atoms with E-state index >= 15 is 0 Å². The molecule has 0 unspecified atom stereocenters. The summed E-state index contributed by atoms with van der Waals surface area (Å²) in [6.45, 7) is 0.287. The van der Waals surface area contributed by atoms with Crippen LogP contribution in [0.15, 0.2) is 0 Å². The molecular formula is C17H30O17S. The van der Waals surface area contributed by atoms with E-state index in [1.165, 1.54) is 6.92 Å². The van der Waals surface area contributed by atoms with Crippen LogP contribution in [-0.4, -0.2) is 153 Å². The molecule has 0 spiro atoms. The standard InChI is InChI=1S/C17H30O17S/c1-4-7(20)8(21)10(23)16(30-4)31-12-5(19)3-29-6(2-18)13(12)32-17-11(24)9(22)14(15(25)33-17)34-35(26,27)28/h4-25H,2-3H2,1H3,(H,26,27,28)/t4-,5-,6+,7+,8+,9+,10-,11+,12+,13+,14+,15-,16-,17+/m0/s1. The Kier molecular flexibility index (Phi) is 9.41. The van der Waals surface area contributed by atoms with Gasteiger partial charge in [0.05, 0.1) is 19.3 Å². The zero-order chi connectivity index (χ0) is 26.2. The summed E-state index contributed by atoms with van der Waals surface area (Å²) in [5.41, 5.74) is 0. The van der Waals surface area contributed by atoms with Crippen LogP contribution in [0.25, 0.3) is 0 Å². The van der Waals surface area contributed by atoms with Crippen LogP contribution in [0.5, 0.6) is 0 Å². The third-order valence-electron chi connectivity index (χ3n) is 5.87. The van der Waals surface area contributed by atoms with Crippen molar-refractivity contribution in [2.45, 2.75) is 92.9 Å². The highest BCUT2D eigenvalue weighted by Gasteiger charge is 2.52. The summed E-state index contributed by atoms with van der Waals surface area (Å²) < 4.78 is 61.4. The molecule has 0 aromatic rings. The van der Waals surface area contributed by atoms with Gasteiger partial charge in [-0.15, -0.1) is 0 Å². The molecule has 0 aliphatic carbocycles. The first-order chi connectivity index (χ1) is 16.2. The maximum atomic E-state index is 10.9. The van der Waals surface area contributed by atoms with Crippen LogP contribution in [0, 0.1) is 0 Å². The first-order valence-electron chi connectivity index (χ1n) is 10.5. The van der Waals surface area contributed by atoms with Crippen LogP contribution in [0.2, 0.25) is 0 Å². The van der Waals surface area contributed by atoms with Gasteiger partial charge in [0, 0.05) is 0 Å². The fraction of sp³-hybridized carbons (Fsp3) is 1.00. The number of rotatable bonds is 7. The van der Waals surface area contributed by atoms with Gasteiger partial charge in [0.2, 0.25) is 0 Å². The summed E-state index contributed by atoms with van der Waals surface area (Å²) in [6, 6.07) is 0. The second-order valence-electron chi connectivity index (χ2n) is 8.37. The van der Waals surface area contributed by atoms with Gasteiger partial charge in [0.25, 0.3) is 0 Å². The lowest BCUT2D eigenvalue weighted by Crippen LogP contribution is -2.65. The maximum Gasteiger partial charge on any atom is 0.397 e. The number of aliphatic hydroxyl groups is 8. The highest BCUT2D eigenvalue weighted by atomic mass is 32.3. The van der Waals surface area contributed by atoms with Crippen LogP contribution in [0.3, 0.4) is 0 Å². The average molecular weight is 538 g/mol. The minimum absolute atomic E-state index is 0.386. The molecule has 3 rings (SSSR count). The summed E-state index contributed by atoms with van der Waals surface area (Å²) in [7, 11) is -5.15. The highest BCUT2D eigenvalue weighted by Crippen LogP contribution is 2.31. The third-order valence-corrected chi connectivity index (χ3v) is 6.34. The van der Waals surface area contributed by atoms with Gasteiger partial charge < -0.3 is 64.5 Å². The smallest absolute Gasteiger partial charge is 0.394 e. The first-order valence-corrected chi connectivity index (χ1v) is 11.9. The Morgan fingerprint density at radius 1 is 0.800 bits per heavy atom. The lowest BCUT2D eigenvalue weighted by Gasteiger charge is -2.47. The minimum atomic E-state index is -5.15. The Morgan fingerprint density at radius 3 is 1.97 bits per heavy atom. The summed E-state index contributed by atoms with van der Waals surface area (Å²) in [5, 5.41) is 80.7. The Bertz CT molecular complexity index is 797. The molecule has 18 heteroatoms. The Balaban J connectivity index is 1.78. The summed E-state index contributed by atoms with van der Waals surface area (Å²) in [6.07, 6.45) is -23.7. The van der Waals surface area contributed by atoms with E-state index < -0.39 is 103 Å². The summed E-state index contributed by atoms with van der Waals surface area (Å²) in [4.78, 5) is 0. The molecule has 0 amide bonds. The Hall–Kier alpha value is -0.650. The van der Waals surface area contributed by atoms with Gasteiger partial charge in [-0.3, -0.25) is 4.55 Å². The van der Waals surface area contributed by atoms with Crippen molar-refractivity contribution in [1.82, 2.24) is 0 Å². The first kappa shape index (κ1) is 28.9. The van der Waals surface area contributed by atoms with Crippen molar-refractivity contribution in [1.29, 1.82) is 0 Å². The number of ether oxygens (including phenoxy) is 5. The number of aliphatic hydroxyl groups excluding tert-OH is 8. The van der Waals surface area contributed by atoms with Gasteiger partial charge in [-0.25, -0.2) is 4.18 Å². The largest absolute Gasteiger partial charge is 0.397 e. The second-order valence-corrected chi connectivity index (χ2v) is 9.42. The van der Waals surface area contributed by atoms with Crippen LogP contribution < -0.4 is 0 Å². The van der Waals surface area contributed by atoms with Crippen LogP contribution in [-0.2, 0) is 38.3 Å². The molecule has 3 heterocycles. The average Bonchev–Trinajstić information content (AvgIpc) is 2.78. The molecule has 0 aromatic carbocycles. The molecule has 9 N–H and O–H groups in total. The third kappa shape index (κ3) is 6.44. The number of hydrogen-bond acceptors (Lipinski definition) is 16. The van der Waals surface area contributed by atoms with Crippen molar-refractivity contribution >= 4 is 10.4 Å². The van der Waals surface area contributed by atoms with Crippen LogP contribution in [0.1, 0.15) is 6.92 Å². The van der Waals surface area contributed by atoms with Gasteiger partial charge in [0.1, 0.15) is 54.9 Å². The van der Waals surface area contributed by atoms with Crippen molar-refractivity contribution in [2.75, 3.05) is 13.2 Å². The SMILES string of the molecule is C[C@@H]1O[C@@H](O[C@H]2[C@H](O[C@@H]3O[C@H](O)[C@H](OS(=O)(=O)O)[C@H](O)[C@H]3O)[C@@H](CO)OC[C@@H]2O)[C@@H](O)[C@H](O)[C@@H]1O. The van der Waals surface area contributed by atoms with Crippen molar-refractivity contribution in [3.63, 3.8) is 0 Å². The van der Waals surface area contributed by atoms with E-state index in [1.54, 1.807) is 0 Å². The predicted octanol–water partition coefficient (Wildman–Crippen LogP) is -6.08. The predicted molar refractivity (Wildman–Crippen MR) is 104 cm³/mol. The molecule has 14 atom stereocenters.